The number of methoxy groups -OCH3 is 1. The molecule has 0 saturated carbocycles. The van der Waals surface area contributed by atoms with Crippen molar-refractivity contribution in [1.29, 1.82) is 0 Å². The molecule has 1 aromatic heterocycles. The van der Waals surface area contributed by atoms with E-state index in [2.05, 4.69) is 15.6 Å². The molecular formula is C14H15N3O2S. The Morgan fingerprint density at radius 1 is 1.45 bits per heavy atom. The molecule has 6 heteroatoms. The molecule has 2 heterocycles. The van der Waals surface area contributed by atoms with Crippen LogP contribution in [0.2, 0.25) is 0 Å². The van der Waals surface area contributed by atoms with Crippen molar-refractivity contribution in [3.63, 3.8) is 0 Å². The number of hydrogen-bond donors (Lipinski definition) is 2. The number of rotatable bonds is 3. The van der Waals surface area contributed by atoms with Gasteiger partial charge >= 0.3 is 0 Å². The van der Waals surface area contributed by atoms with Crippen molar-refractivity contribution in [3.8, 4) is 5.75 Å². The van der Waals surface area contributed by atoms with Crippen molar-refractivity contribution >= 4 is 28.2 Å². The summed E-state index contributed by atoms with van der Waals surface area (Å²) in [5.74, 6) is 1.44. The molecule has 0 fully saturated rings. The second kappa shape index (κ2) is 5.13. The Kier molecular flexibility index (Phi) is 3.31. The van der Waals surface area contributed by atoms with Gasteiger partial charge in [-0.05, 0) is 6.07 Å². The van der Waals surface area contributed by atoms with Crippen molar-refractivity contribution in [2.24, 2.45) is 0 Å². The molecule has 0 saturated heterocycles. The van der Waals surface area contributed by atoms with Crippen molar-refractivity contribution in [2.75, 3.05) is 24.8 Å². The molecule has 0 radical (unpaired) electrons. The summed E-state index contributed by atoms with van der Waals surface area (Å²) >= 11 is 1.57. The minimum Gasteiger partial charge on any atom is -0.496 e. The lowest BCUT2D eigenvalue weighted by molar-refractivity contribution is -0.116. The van der Waals surface area contributed by atoms with Crippen LogP contribution in [0.4, 0.5) is 10.9 Å². The summed E-state index contributed by atoms with van der Waals surface area (Å²) in [4.78, 5) is 17.4. The van der Waals surface area contributed by atoms with Crippen LogP contribution in [0.3, 0.4) is 0 Å². The number of benzene rings is 1. The number of amides is 1. The van der Waals surface area contributed by atoms with Gasteiger partial charge in [-0.3, -0.25) is 4.79 Å². The Morgan fingerprint density at radius 3 is 3.00 bits per heavy atom. The van der Waals surface area contributed by atoms with Gasteiger partial charge in [0.2, 0.25) is 5.91 Å². The average Bonchev–Trinajstić information content (AvgIpc) is 2.89. The summed E-state index contributed by atoms with van der Waals surface area (Å²) in [7, 11) is 3.47. The van der Waals surface area contributed by atoms with Gasteiger partial charge in [-0.2, -0.15) is 0 Å². The number of carbonyl (C=O) groups excluding carboxylic acids is 1. The molecule has 1 amide bonds. The van der Waals surface area contributed by atoms with Crippen LogP contribution in [0.5, 0.6) is 5.75 Å². The summed E-state index contributed by atoms with van der Waals surface area (Å²) in [6, 6.07) is 7.81. The van der Waals surface area contributed by atoms with E-state index in [1.807, 2.05) is 31.3 Å². The smallest absolute Gasteiger partial charge is 0.226 e. The maximum absolute atomic E-state index is 11.9. The van der Waals surface area contributed by atoms with Gasteiger partial charge in [-0.1, -0.05) is 29.5 Å². The summed E-state index contributed by atoms with van der Waals surface area (Å²) < 4.78 is 5.42. The molecule has 2 N–H and O–H groups in total. The van der Waals surface area contributed by atoms with Crippen LogP contribution in [0.15, 0.2) is 24.3 Å². The molecular weight excluding hydrogens is 274 g/mol. The van der Waals surface area contributed by atoms with Crippen LogP contribution in [0.1, 0.15) is 22.8 Å². The number of hydrogen-bond acceptors (Lipinski definition) is 5. The zero-order chi connectivity index (χ0) is 14.1. The standard InChI is InChI=1S/C14H15N3O2S/c1-15-14-17-13-12(20-14)9(7-11(18)16-13)8-5-3-4-6-10(8)19-2/h3-6,9H,7H2,1-2H3,(H,15,17)(H,16,18). The molecule has 1 aliphatic rings. The van der Waals surface area contributed by atoms with Gasteiger partial charge in [-0.15, -0.1) is 0 Å². The first-order valence-electron chi connectivity index (χ1n) is 6.34. The molecule has 104 valence electrons. The van der Waals surface area contributed by atoms with Crippen LogP contribution in [-0.2, 0) is 4.79 Å². The van der Waals surface area contributed by atoms with E-state index in [9.17, 15) is 4.79 Å². The second-order valence-corrected chi connectivity index (χ2v) is 5.56. The van der Waals surface area contributed by atoms with Crippen LogP contribution < -0.4 is 15.4 Å². The molecule has 3 rings (SSSR count). The van der Waals surface area contributed by atoms with Crippen LogP contribution in [-0.4, -0.2) is 25.0 Å². The molecule has 1 aliphatic heterocycles. The highest BCUT2D eigenvalue weighted by Crippen LogP contribution is 2.44. The zero-order valence-corrected chi connectivity index (χ0v) is 12.1. The van der Waals surface area contributed by atoms with Gasteiger partial charge in [0.05, 0.1) is 12.0 Å². The second-order valence-electron chi connectivity index (χ2n) is 4.53. The van der Waals surface area contributed by atoms with Crippen LogP contribution in [0, 0.1) is 0 Å². The van der Waals surface area contributed by atoms with E-state index in [1.165, 1.54) is 0 Å². The SMILES string of the molecule is CNc1nc2c(s1)C(c1ccccc1OC)CC(=O)N2. The Bertz CT molecular complexity index is 654. The van der Waals surface area contributed by atoms with Crippen LogP contribution in [0.25, 0.3) is 0 Å². The fourth-order valence-electron chi connectivity index (χ4n) is 2.43. The first kappa shape index (κ1) is 12.9. The Labute approximate surface area is 121 Å². The number of carbonyl (C=O) groups is 1. The number of fused-ring (bicyclic) bond motifs is 1. The zero-order valence-electron chi connectivity index (χ0n) is 11.3. The minimum atomic E-state index is -0.0126. The Balaban J connectivity index is 2.10. The third kappa shape index (κ3) is 2.12. The molecule has 2 aromatic rings. The summed E-state index contributed by atoms with van der Waals surface area (Å²) in [5, 5.41) is 6.66. The Morgan fingerprint density at radius 2 is 2.25 bits per heavy atom. The molecule has 5 nitrogen and oxygen atoms in total. The summed E-state index contributed by atoms with van der Waals surface area (Å²) in [6.45, 7) is 0. The maximum atomic E-state index is 11.9. The van der Waals surface area contributed by atoms with Crippen molar-refractivity contribution in [1.82, 2.24) is 4.98 Å². The number of thiazole rings is 1. The van der Waals surface area contributed by atoms with Gasteiger partial charge in [0.25, 0.3) is 0 Å². The fraction of sp³-hybridized carbons (Fsp3) is 0.286. The predicted octanol–water partition coefficient (Wildman–Crippen LogP) is 2.67. The van der Waals surface area contributed by atoms with Gasteiger partial charge in [-0.25, -0.2) is 4.98 Å². The average molecular weight is 289 g/mol. The van der Waals surface area contributed by atoms with E-state index in [-0.39, 0.29) is 11.8 Å². The van der Waals surface area contributed by atoms with Crippen molar-refractivity contribution in [2.45, 2.75) is 12.3 Å². The van der Waals surface area contributed by atoms with E-state index in [0.717, 1.165) is 21.3 Å². The summed E-state index contributed by atoms with van der Waals surface area (Å²) in [5.41, 5.74) is 1.03. The quantitative estimate of drug-likeness (QED) is 0.912. The Hall–Kier alpha value is -2.08. The van der Waals surface area contributed by atoms with Crippen LogP contribution >= 0.6 is 11.3 Å². The number of ether oxygens (including phenoxy) is 1. The first-order chi connectivity index (χ1) is 9.72. The van der Waals surface area contributed by atoms with E-state index < -0.39 is 0 Å². The molecule has 0 aliphatic carbocycles. The van der Waals surface area contributed by atoms with Gasteiger partial charge in [0.1, 0.15) is 11.6 Å². The molecule has 0 bridgehead atoms. The predicted molar refractivity (Wildman–Crippen MR) is 79.7 cm³/mol. The largest absolute Gasteiger partial charge is 0.496 e. The lowest BCUT2D eigenvalue weighted by Crippen LogP contribution is -2.22. The van der Waals surface area contributed by atoms with Crippen molar-refractivity contribution in [3.05, 3.63) is 34.7 Å². The number of nitrogens with zero attached hydrogens (tertiary/aromatic N) is 1. The van der Waals surface area contributed by atoms with E-state index in [4.69, 9.17) is 4.74 Å². The van der Waals surface area contributed by atoms with E-state index in [1.54, 1.807) is 18.4 Å². The van der Waals surface area contributed by atoms with Gasteiger partial charge < -0.3 is 15.4 Å². The fourth-order valence-corrected chi connectivity index (χ4v) is 3.42. The molecule has 1 unspecified atom stereocenters. The van der Waals surface area contributed by atoms with E-state index in [0.29, 0.717) is 12.2 Å². The third-order valence-corrected chi connectivity index (χ3v) is 4.53. The monoisotopic (exact) mass is 289 g/mol. The highest BCUT2D eigenvalue weighted by molar-refractivity contribution is 7.16. The van der Waals surface area contributed by atoms with Crippen molar-refractivity contribution < 1.29 is 9.53 Å². The molecule has 20 heavy (non-hydrogen) atoms. The number of anilines is 2. The number of para-hydroxylation sites is 1. The maximum Gasteiger partial charge on any atom is 0.226 e. The number of aromatic nitrogens is 1. The lowest BCUT2D eigenvalue weighted by atomic mass is 9.91. The molecule has 1 aromatic carbocycles. The normalized spacial score (nSPS) is 17.3. The molecule has 0 spiro atoms. The topological polar surface area (TPSA) is 63.3 Å². The third-order valence-electron chi connectivity index (χ3n) is 3.35. The van der Waals surface area contributed by atoms with Gasteiger partial charge in [0, 0.05) is 24.9 Å². The number of nitrogens with one attached hydrogen (secondary N) is 2. The molecule has 1 atom stereocenters. The minimum absolute atomic E-state index is 0.00509. The highest BCUT2D eigenvalue weighted by Gasteiger charge is 2.31. The highest BCUT2D eigenvalue weighted by atomic mass is 32.1. The summed E-state index contributed by atoms with van der Waals surface area (Å²) in [6.07, 6.45) is 0.415. The van der Waals surface area contributed by atoms with E-state index >= 15 is 0 Å². The van der Waals surface area contributed by atoms with Gasteiger partial charge in [0.15, 0.2) is 5.13 Å². The first-order valence-corrected chi connectivity index (χ1v) is 7.15. The lowest BCUT2D eigenvalue weighted by Gasteiger charge is -2.23.